The summed E-state index contributed by atoms with van der Waals surface area (Å²) in [6.07, 6.45) is 0.497. The summed E-state index contributed by atoms with van der Waals surface area (Å²) in [6.45, 7) is 0.00952. The molecule has 0 atom stereocenters. The first kappa shape index (κ1) is 20.5. The van der Waals surface area contributed by atoms with Gasteiger partial charge in [-0.3, -0.25) is 19.7 Å². The van der Waals surface area contributed by atoms with Crippen LogP contribution in [0.3, 0.4) is 0 Å². The van der Waals surface area contributed by atoms with Gasteiger partial charge in [-0.15, -0.1) is 0 Å². The average molecular weight is 406 g/mol. The quantitative estimate of drug-likeness (QED) is 0.327. The largest absolute Gasteiger partial charge is 0.489 e. The standard InChI is InChI=1S/C22H18N2O6/c25-13-17-6-11-21(20(12-17)24(27)28)30-15-22(26)23-18-7-9-19(10-8-18)29-14-16-4-2-1-3-5-16/h1-13H,14-15H2,(H,23,26). The lowest BCUT2D eigenvalue weighted by Gasteiger charge is -2.10. The van der Waals surface area contributed by atoms with Gasteiger partial charge in [0.2, 0.25) is 0 Å². The maximum atomic E-state index is 12.1. The lowest BCUT2D eigenvalue weighted by Crippen LogP contribution is -2.20. The molecular weight excluding hydrogens is 388 g/mol. The molecule has 0 unspecified atom stereocenters. The molecule has 0 bridgehead atoms. The Labute approximate surface area is 172 Å². The molecule has 3 aromatic rings. The lowest BCUT2D eigenvalue weighted by atomic mass is 10.2. The molecule has 0 radical (unpaired) electrons. The minimum atomic E-state index is -0.672. The number of nitrogens with one attached hydrogen (secondary N) is 1. The maximum absolute atomic E-state index is 12.1. The van der Waals surface area contributed by atoms with Gasteiger partial charge in [-0.1, -0.05) is 30.3 Å². The topological polar surface area (TPSA) is 108 Å². The Balaban J connectivity index is 1.53. The average Bonchev–Trinajstić information content (AvgIpc) is 2.77. The number of nitro benzene ring substituents is 1. The van der Waals surface area contributed by atoms with Crippen molar-refractivity contribution in [2.45, 2.75) is 6.61 Å². The second-order valence-electron chi connectivity index (χ2n) is 6.24. The molecule has 0 saturated carbocycles. The molecule has 8 nitrogen and oxygen atoms in total. The Morgan fingerprint density at radius 3 is 2.40 bits per heavy atom. The van der Waals surface area contributed by atoms with Crippen LogP contribution in [0.5, 0.6) is 11.5 Å². The van der Waals surface area contributed by atoms with E-state index in [9.17, 15) is 19.7 Å². The molecule has 1 amide bonds. The third-order valence-corrected chi connectivity index (χ3v) is 4.06. The Morgan fingerprint density at radius 2 is 1.73 bits per heavy atom. The van der Waals surface area contributed by atoms with Crippen molar-refractivity contribution in [2.24, 2.45) is 0 Å². The first-order valence-corrected chi connectivity index (χ1v) is 8.98. The third kappa shape index (κ3) is 5.65. The molecule has 0 spiro atoms. The van der Waals surface area contributed by atoms with Gasteiger partial charge < -0.3 is 14.8 Å². The molecule has 3 rings (SSSR count). The van der Waals surface area contributed by atoms with Gasteiger partial charge in [0.15, 0.2) is 12.4 Å². The molecule has 0 fully saturated rings. The van der Waals surface area contributed by atoms with Gasteiger partial charge >= 0.3 is 5.69 Å². The molecule has 0 saturated heterocycles. The van der Waals surface area contributed by atoms with Crippen LogP contribution in [0.25, 0.3) is 0 Å². The van der Waals surface area contributed by atoms with Crippen molar-refractivity contribution in [1.82, 2.24) is 0 Å². The second-order valence-corrected chi connectivity index (χ2v) is 6.24. The van der Waals surface area contributed by atoms with E-state index in [1.165, 1.54) is 12.1 Å². The molecule has 8 heteroatoms. The highest BCUT2D eigenvalue weighted by Crippen LogP contribution is 2.27. The molecule has 30 heavy (non-hydrogen) atoms. The van der Waals surface area contributed by atoms with Gasteiger partial charge in [-0.05, 0) is 42.0 Å². The van der Waals surface area contributed by atoms with E-state index in [-0.39, 0.29) is 17.0 Å². The number of nitrogens with zero attached hydrogens (tertiary/aromatic N) is 1. The van der Waals surface area contributed by atoms with E-state index in [1.807, 2.05) is 30.3 Å². The van der Waals surface area contributed by atoms with Crippen molar-refractivity contribution in [3.05, 3.63) is 94.0 Å². The number of hydrogen-bond acceptors (Lipinski definition) is 6. The van der Waals surface area contributed by atoms with E-state index >= 15 is 0 Å². The summed E-state index contributed by atoms with van der Waals surface area (Å²) >= 11 is 0. The number of carbonyl (C=O) groups excluding carboxylic acids is 2. The zero-order valence-electron chi connectivity index (χ0n) is 15.8. The number of carbonyl (C=O) groups is 2. The second kappa shape index (κ2) is 9.83. The van der Waals surface area contributed by atoms with Crippen LogP contribution in [0.15, 0.2) is 72.8 Å². The summed E-state index contributed by atoms with van der Waals surface area (Å²) in [7, 11) is 0. The van der Waals surface area contributed by atoms with Gasteiger partial charge in [0.1, 0.15) is 18.6 Å². The summed E-state index contributed by atoms with van der Waals surface area (Å²) in [5.74, 6) is 0.0751. The first-order chi connectivity index (χ1) is 14.5. The highest BCUT2D eigenvalue weighted by atomic mass is 16.6. The van der Waals surface area contributed by atoms with Crippen LogP contribution < -0.4 is 14.8 Å². The smallest absolute Gasteiger partial charge is 0.311 e. The van der Waals surface area contributed by atoms with E-state index in [2.05, 4.69) is 5.32 Å². The van der Waals surface area contributed by atoms with Crippen LogP contribution in [-0.2, 0) is 11.4 Å². The van der Waals surface area contributed by atoms with Crippen molar-refractivity contribution in [3.63, 3.8) is 0 Å². The van der Waals surface area contributed by atoms with Gasteiger partial charge in [-0.25, -0.2) is 0 Å². The fourth-order valence-electron chi connectivity index (χ4n) is 2.59. The van der Waals surface area contributed by atoms with Crippen LogP contribution in [-0.4, -0.2) is 23.7 Å². The number of rotatable bonds is 9. The fraction of sp³-hybridized carbons (Fsp3) is 0.0909. The van der Waals surface area contributed by atoms with Gasteiger partial charge in [0.05, 0.1) is 4.92 Å². The van der Waals surface area contributed by atoms with E-state index in [4.69, 9.17) is 9.47 Å². The van der Waals surface area contributed by atoms with E-state index in [0.717, 1.165) is 11.6 Å². The van der Waals surface area contributed by atoms with Crippen LogP contribution in [0, 0.1) is 10.1 Å². The summed E-state index contributed by atoms with van der Waals surface area (Å²) in [5, 5.41) is 13.7. The molecule has 0 aromatic heterocycles. The predicted molar refractivity (Wildman–Crippen MR) is 110 cm³/mol. The maximum Gasteiger partial charge on any atom is 0.311 e. The molecule has 0 aliphatic heterocycles. The number of hydrogen-bond donors (Lipinski definition) is 1. The number of nitro groups is 1. The lowest BCUT2D eigenvalue weighted by molar-refractivity contribution is -0.385. The Bertz CT molecular complexity index is 1040. The minimum absolute atomic E-state index is 0.0922. The van der Waals surface area contributed by atoms with Crippen LogP contribution in [0.4, 0.5) is 11.4 Å². The minimum Gasteiger partial charge on any atom is -0.489 e. The SMILES string of the molecule is O=Cc1ccc(OCC(=O)Nc2ccc(OCc3ccccc3)cc2)c([N+](=O)[O-])c1. The van der Waals surface area contributed by atoms with E-state index in [1.54, 1.807) is 24.3 Å². The Hall–Kier alpha value is -4.20. The third-order valence-electron chi connectivity index (χ3n) is 4.06. The van der Waals surface area contributed by atoms with Crippen molar-refractivity contribution >= 4 is 23.6 Å². The van der Waals surface area contributed by atoms with Crippen LogP contribution in [0.2, 0.25) is 0 Å². The molecular formula is C22H18N2O6. The van der Waals surface area contributed by atoms with Crippen LogP contribution in [0.1, 0.15) is 15.9 Å². The van der Waals surface area contributed by atoms with Crippen molar-refractivity contribution in [1.29, 1.82) is 0 Å². The number of aldehydes is 1. The number of benzene rings is 3. The molecule has 0 heterocycles. The van der Waals surface area contributed by atoms with Crippen molar-refractivity contribution in [3.8, 4) is 11.5 Å². The van der Waals surface area contributed by atoms with Crippen molar-refractivity contribution < 1.29 is 24.0 Å². The zero-order chi connectivity index (χ0) is 21.3. The normalized spacial score (nSPS) is 10.1. The monoisotopic (exact) mass is 406 g/mol. The van der Waals surface area contributed by atoms with Crippen LogP contribution >= 0.6 is 0 Å². The molecule has 0 aliphatic carbocycles. The number of ether oxygens (including phenoxy) is 2. The first-order valence-electron chi connectivity index (χ1n) is 8.98. The molecule has 1 N–H and O–H groups in total. The Kier molecular flexibility index (Phi) is 6.73. The molecule has 0 aliphatic rings. The highest BCUT2D eigenvalue weighted by molar-refractivity contribution is 5.92. The number of anilines is 1. The highest BCUT2D eigenvalue weighted by Gasteiger charge is 2.17. The molecule has 3 aromatic carbocycles. The van der Waals surface area contributed by atoms with Gasteiger partial charge in [0, 0.05) is 17.3 Å². The fourth-order valence-corrected chi connectivity index (χ4v) is 2.59. The summed E-state index contributed by atoms with van der Waals surface area (Å²) < 4.78 is 10.9. The zero-order valence-corrected chi connectivity index (χ0v) is 15.8. The summed E-state index contributed by atoms with van der Waals surface area (Å²) in [4.78, 5) is 33.3. The van der Waals surface area contributed by atoms with Crippen molar-refractivity contribution in [2.75, 3.05) is 11.9 Å². The summed E-state index contributed by atoms with van der Waals surface area (Å²) in [6, 6.07) is 20.3. The van der Waals surface area contributed by atoms with Gasteiger partial charge in [-0.2, -0.15) is 0 Å². The van der Waals surface area contributed by atoms with Gasteiger partial charge in [0.25, 0.3) is 5.91 Å². The summed E-state index contributed by atoms with van der Waals surface area (Å²) in [5.41, 5.74) is 1.34. The Morgan fingerprint density at radius 1 is 1.00 bits per heavy atom. The molecule has 152 valence electrons. The van der Waals surface area contributed by atoms with E-state index < -0.39 is 17.4 Å². The number of amides is 1. The predicted octanol–water partition coefficient (Wildman–Crippen LogP) is 4.00. The van der Waals surface area contributed by atoms with E-state index in [0.29, 0.717) is 24.3 Å².